The van der Waals surface area contributed by atoms with Gasteiger partial charge in [-0.15, -0.1) is 0 Å². The van der Waals surface area contributed by atoms with Crippen LogP contribution in [-0.2, 0) is 46.9 Å². The summed E-state index contributed by atoms with van der Waals surface area (Å²) < 4.78 is 31.7. The van der Waals surface area contributed by atoms with Crippen LogP contribution in [0, 0.1) is 0 Å². The molecule has 0 heterocycles. The highest BCUT2D eigenvalue weighted by Crippen LogP contribution is 2.45. The molecule has 5 rings (SSSR count). The number of hydrogen-bond acceptors (Lipinski definition) is 10. The van der Waals surface area contributed by atoms with Gasteiger partial charge in [-0.1, -0.05) is 81.0 Å². The monoisotopic (exact) mass is 732 g/mol. The molecule has 0 radical (unpaired) electrons. The van der Waals surface area contributed by atoms with E-state index in [1.54, 1.807) is 24.3 Å². The molecule has 0 unspecified atom stereocenters. The Labute approximate surface area is 315 Å². The lowest BCUT2D eigenvalue weighted by atomic mass is 9.65. The van der Waals surface area contributed by atoms with Gasteiger partial charge in [0.25, 0.3) is 0 Å². The van der Waals surface area contributed by atoms with E-state index in [1.165, 1.54) is 6.42 Å². The van der Waals surface area contributed by atoms with Crippen molar-refractivity contribution in [3.8, 4) is 23.0 Å². The molecular weight excluding hydrogens is 688 g/mol. The molecule has 1 fully saturated rings. The molecule has 0 atom stereocenters. The predicted molar refractivity (Wildman–Crippen MR) is 201 cm³/mol. The number of rotatable bonds is 18. The Kier molecular flexibility index (Phi) is 14.2. The molecule has 4 aromatic rings. The minimum absolute atomic E-state index is 0.199. The van der Waals surface area contributed by atoms with E-state index < -0.39 is 11.9 Å². The van der Waals surface area contributed by atoms with Gasteiger partial charge in [0.05, 0.1) is 0 Å². The van der Waals surface area contributed by atoms with Gasteiger partial charge < -0.3 is 28.4 Å². The van der Waals surface area contributed by atoms with Crippen LogP contribution in [0.5, 0.6) is 23.0 Å². The Hall–Kier alpha value is -6.16. The number of hydrogen-bond donors (Lipinski definition) is 0. The summed E-state index contributed by atoms with van der Waals surface area (Å²) in [5.74, 6) is 0.287. The molecule has 1 aliphatic rings. The zero-order chi connectivity index (χ0) is 38.2. The van der Waals surface area contributed by atoms with Crippen LogP contribution in [-0.4, -0.2) is 37.5 Å². The van der Waals surface area contributed by atoms with Crippen LogP contribution in [0.1, 0.15) is 67.2 Å². The van der Waals surface area contributed by atoms with Gasteiger partial charge in [0.2, 0.25) is 13.6 Å². The molecule has 0 aliphatic heterocycles. The summed E-state index contributed by atoms with van der Waals surface area (Å²) in [5.41, 5.74) is 4.00. The maximum absolute atomic E-state index is 12.7. The summed E-state index contributed by atoms with van der Waals surface area (Å²) >= 11 is 0. The largest absolute Gasteiger partial charge is 0.457 e. The van der Waals surface area contributed by atoms with Crippen molar-refractivity contribution in [2.24, 2.45) is 0 Å². The Morgan fingerprint density at radius 1 is 0.519 bits per heavy atom. The van der Waals surface area contributed by atoms with E-state index in [4.69, 9.17) is 28.4 Å². The topological polar surface area (TPSA) is 124 Å². The quantitative estimate of drug-likeness (QED) is 0.0429. The molecule has 1 saturated carbocycles. The molecular formula is C44H44O10. The van der Waals surface area contributed by atoms with Crippen LogP contribution in [0.3, 0.4) is 0 Å². The van der Waals surface area contributed by atoms with Crippen LogP contribution < -0.4 is 18.9 Å². The third kappa shape index (κ3) is 11.4. The van der Waals surface area contributed by atoms with Gasteiger partial charge >= 0.3 is 23.9 Å². The first-order valence-corrected chi connectivity index (χ1v) is 17.9. The van der Waals surface area contributed by atoms with Crippen molar-refractivity contribution in [1.82, 2.24) is 0 Å². The zero-order valence-electron chi connectivity index (χ0n) is 30.2. The summed E-state index contributed by atoms with van der Waals surface area (Å²) in [6.45, 7) is 6.25. The van der Waals surface area contributed by atoms with E-state index in [9.17, 15) is 19.2 Å². The van der Waals surface area contributed by atoms with Gasteiger partial charge in [-0.2, -0.15) is 0 Å². The average Bonchev–Trinajstić information content (AvgIpc) is 3.21. The Balaban J connectivity index is 1.10. The minimum Gasteiger partial charge on any atom is -0.457 e. The van der Waals surface area contributed by atoms with Gasteiger partial charge in [0, 0.05) is 30.4 Å². The molecule has 4 aromatic carbocycles. The first-order chi connectivity index (χ1) is 26.3. The van der Waals surface area contributed by atoms with Gasteiger partial charge in [0.1, 0.15) is 23.0 Å². The van der Waals surface area contributed by atoms with Crippen molar-refractivity contribution in [2.45, 2.75) is 63.2 Å². The Bertz CT molecular complexity index is 1740. The van der Waals surface area contributed by atoms with Crippen molar-refractivity contribution >= 4 is 23.9 Å². The fourth-order valence-corrected chi connectivity index (χ4v) is 6.37. The number of carbonyl (C=O) groups excluding carboxylic acids is 4. The number of ether oxygens (including phenoxy) is 6. The van der Waals surface area contributed by atoms with Crippen molar-refractivity contribution in [3.05, 3.63) is 145 Å². The van der Waals surface area contributed by atoms with E-state index in [-0.39, 0.29) is 43.8 Å². The van der Waals surface area contributed by atoms with Gasteiger partial charge in [-0.05, 0) is 96.5 Å². The normalized spacial score (nSPS) is 13.1. The van der Waals surface area contributed by atoms with Crippen LogP contribution in [0.2, 0.25) is 0 Å². The van der Waals surface area contributed by atoms with Crippen LogP contribution >= 0.6 is 0 Å². The van der Waals surface area contributed by atoms with Crippen molar-refractivity contribution in [2.75, 3.05) is 13.6 Å². The first-order valence-electron chi connectivity index (χ1n) is 17.9. The number of benzene rings is 4. The fraction of sp³-hybridized carbons (Fsp3) is 0.273. The molecule has 0 N–H and O–H groups in total. The summed E-state index contributed by atoms with van der Waals surface area (Å²) in [5, 5.41) is 0. The van der Waals surface area contributed by atoms with E-state index in [0.717, 1.165) is 60.1 Å². The van der Waals surface area contributed by atoms with Crippen molar-refractivity contribution in [3.63, 3.8) is 0 Å². The summed E-state index contributed by atoms with van der Waals surface area (Å²) in [4.78, 5) is 47.6. The van der Waals surface area contributed by atoms with E-state index in [1.807, 2.05) is 72.8 Å². The highest BCUT2D eigenvalue weighted by molar-refractivity contribution is 5.81. The average molecular weight is 733 g/mol. The maximum atomic E-state index is 12.7. The minimum atomic E-state index is -0.561. The summed E-state index contributed by atoms with van der Waals surface area (Å²) in [7, 11) is 0. The molecule has 0 bridgehead atoms. The summed E-state index contributed by atoms with van der Waals surface area (Å²) in [6, 6.07) is 30.0. The SMILES string of the molecule is C=CC(=O)OCOc1ccc(CCC(=O)Oc2ccc(C3(c4ccc(OC(=O)CCc5ccc(OCOC(=O)C=C)cc5)cc4)CCCCC3)cc2)cc1. The standard InChI is InChI=1S/C44H44O10/c1-3-40(45)51-30-49-36-18-8-32(9-19-36)12-26-42(47)53-38-22-14-34(15-23-38)44(28-6-5-7-29-44)35-16-24-39(25-17-35)54-43(48)27-13-33-10-20-37(21-11-33)50-31-52-41(46)4-2/h3-4,8-11,14-25H,1-2,5-7,12-13,26-31H2. The lowest BCUT2D eigenvalue weighted by molar-refractivity contribution is -0.145. The van der Waals surface area contributed by atoms with Crippen molar-refractivity contribution in [1.29, 1.82) is 0 Å². The fourth-order valence-electron chi connectivity index (χ4n) is 6.37. The number of aryl methyl sites for hydroxylation is 2. The second kappa shape index (κ2) is 19.6. The molecule has 10 heteroatoms. The van der Waals surface area contributed by atoms with E-state index in [0.29, 0.717) is 35.8 Å². The molecule has 54 heavy (non-hydrogen) atoms. The molecule has 1 aliphatic carbocycles. The molecule has 0 spiro atoms. The number of esters is 4. The lowest BCUT2D eigenvalue weighted by Crippen LogP contribution is -2.30. The lowest BCUT2D eigenvalue weighted by Gasteiger charge is -2.38. The van der Waals surface area contributed by atoms with Crippen LogP contribution in [0.4, 0.5) is 0 Å². The van der Waals surface area contributed by atoms with Gasteiger partial charge in [0.15, 0.2) is 0 Å². The molecule has 280 valence electrons. The second-order valence-electron chi connectivity index (χ2n) is 12.8. The van der Waals surface area contributed by atoms with Gasteiger partial charge in [-0.25, -0.2) is 9.59 Å². The molecule has 0 saturated heterocycles. The highest BCUT2D eigenvalue weighted by Gasteiger charge is 2.35. The highest BCUT2D eigenvalue weighted by atomic mass is 16.7. The smallest absolute Gasteiger partial charge is 0.333 e. The Morgan fingerprint density at radius 2 is 0.889 bits per heavy atom. The molecule has 0 amide bonds. The van der Waals surface area contributed by atoms with Crippen LogP contribution in [0.25, 0.3) is 0 Å². The zero-order valence-corrected chi connectivity index (χ0v) is 30.2. The van der Waals surface area contributed by atoms with Crippen LogP contribution in [0.15, 0.2) is 122 Å². The third-order valence-electron chi connectivity index (χ3n) is 9.25. The molecule has 10 nitrogen and oxygen atoms in total. The molecule has 0 aromatic heterocycles. The van der Waals surface area contributed by atoms with Crippen molar-refractivity contribution < 1.29 is 47.6 Å². The predicted octanol–water partition coefficient (Wildman–Crippen LogP) is 8.14. The third-order valence-corrected chi connectivity index (χ3v) is 9.25. The van der Waals surface area contributed by atoms with E-state index >= 15 is 0 Å². The number of carbonyl (C=O) groups is 4. The van der Waals surface area contributed by atoms with Gasteiger partial charge in [-0.3, -0.25) is 9.59 Å². The Morgan fingerprint density at radius 3 is 1.26 bits per heavy atom. The maximum Gasteiger partial charge on any atom is 0.333 e. The summed E-state index contributed by atoms with van der Waals surface area (Å²) in [6.07, 6.45) is 8.89. The second-order valence-corrected chi connectivity index (χ2v) is 12.8. The first kappa shape index (κ1) is 39.1. The van der Waals surface area contributed by atoms with E-state index in [2.05, 4.69) is 13.2 Å².